The smallest absolute Gasteiger partial charge is 1.00 e. The molecule has 0 fully saturated rings. The fourth-order valence-electron chi connectivity index (χ4n) is 0.714. The third kappa shape index (κ3) is 29.3. The first-order valence-corrected chi connectivity index (χ1v) is 3.95. The minimum atomic E-state index is -2.74. The van der Waals surface area contributed by atoms with Crippen LogP contribution < -0.4 is 88.7 Å². The molecule has 0 atom stereocenters. The van der Waals surface area contributed by atoms with Gasteiger partial charge in [-0.15, -0.1) is 0 Å². The summed E-state index contributed by atoms with van der Waals surface area (Å²) in [6, 6.07) is 0. The molecule has 11 N–H and O–H groups in total. The number of hydrogen-bond acceptors (Lipinski definition) is 7. The van der Waals surface area contributed by atoms with E-state index in [9.17, 15) is 14.4 Å². The number of aliphatic carboxylic acids is 3. The van der Waals surface area contributed by atoms with Crippen LogP contribution in [0.4, 0.5) is 0 Å². The van der Waals surface area contributed by atoms with Crippen molar-refractivity contribution in [3.8, 4) is 0 Å². The molecule has 0 aromatic heterocycles. The number of hydrogen-bond donors (Lipinski definition) is 7. The van der Waals surface area contributed by atoms with E-state index in [4.69, 9.17) is 35.5 Å². The zero-order valence-electron chi connectivity index (χ0n) is 15.3. The second-order valence-electron chi connectivity index (χ2n) is 2.82. The first kappa shape index (κ1) is 43.6. The van der Waals surface area contributed by atoms with Crippen LogP contribution in [-0.2, 0) is 14.4 Å². The maximum atomic E-state index is 10.3. The molecule has 12 nitrogen and oxygen atoms in total. The van der Waals surface area contributed by atoms with Gasteiger partial charge in [0.25, 0.3) is 0 Å². The van der Waals surface area contributed by atoms with E-state index in [0.29, 0.717) is 0 Å². The monoisotopic (exact) mass is 362 g/mol. The fourth-order valence-corrected chi connectivity index (χ4v) is 0.714. The number of carboxylic acid groups (broad SMARTS) is 3. The Hall–Kier alpha value is 1.23. The minimum Gasteiger partial charge on any atom is -1.00 e. The normalized spacial score (nSPS) is 7.64. The molecule has 0 unspecified atom stereocenters. The molecule has 16 heteroatoms. The summed E-state index contributed by atoms with van der Waals surface area (Å²) in [5.74, 6) is -5.02. The Morgan fingerprint density at radius 2 is 1.00 bits per heavy atom. The summed E-state index contributed by atoms with van der Waals surface area (Å²) < 4.78 is 0. The summed E-state index contributed by atoms with van der Waals surface area (Å²) >= 11 is 0. The molecule has 0 aliphatic carbocycles. The summed E-state index contributed by atoms with van der Waals surface area (Å²) in [7, 11) is -2.17. The van der Waals surface area contributed by atoms with Crippen molar-refractivity contribution in [2.45, 2.75) is 18.4 Å². The third-order valence-electron chi connectivity index (χ3n) is 1.29. The van der Waals surface area contributed by atoms with Crippen LogP contribution in [0, 0.1) is 0 Å². The van der Waals surface area contributed by atoms with Gasteiger partial charge in [-0.1, -0.05) is 0 Å². The van der Waals surface area contributed by atoms with Crippen molar-refractivity contribution in [2.75, 3.05) is 0 Å². The van der Waals surface area contributed by atoms with Crippen LogP contribution in [0.3, 0.4) is 0 Å². The number of aliphatic hydroxyl groups is 1. The summed E-state index contributed by atoms with van der Waals surface area (Å²) in [6.07, 6.45) is -2.29. The predicted octanol–water partition coefficient (Wildman–Crippen LogP) is -13.6. The van der Waals surface area contributed by atoms with Crippen molar-refractivity contribution in [3.05, 3.63) is 0 Å². The van der Waals surface area contributed by atoms with Crippen LogP contribution in [-0.4, -0.2) is 77.3 Å². The van der Waals surface area contributed by atoms with Crippen LogP contribution in [0.1, 0.15) is 17.1 Å². The Kier molecular flexibility index (Phi) is 44.0. The fraction of sp³-hybridized carbons (Fsp3) is 0.500. The molecule has 0 saturated carbocycles. The van der Waals surface area contributed by atoms with E-state index < -0.39 is 43.7 Å². The Morgan fingerprint density at radius 3 is 1.09 bits per heavy atom. The van der Waals surface area contributed by atoms with Crippen molar-refractivity contribution < 1.29 is 154 Å². The van der Waals surface area contributed by atoms with Gasteiger partial charge in [0.2, 0.25) is 0 Å². The number of carboxylic acids is 3. The maximum absolute atomic E-state index is 10.3. The van der Waals surface area contributed by atoms with E-state index in [2.05, 4.69) is 0 Å². The van der Waals surface area contributed by atoms with E-state index in [0.717, 1.165) is 0 Å². The van der Waals surface area contributed by atoms with E-state index in [1.165, 1.54) is 0 Å². The second-order valence-corrected chi connectivity index (χ2v) is 2.82. The Labute approximate surface area is 195 Å². The molecule has 0 rings (SSSR count). The van der Waals surface area contributed by atoms with Crippen LogP contribution >= 0.6 is 0 Å². The van der Waals surface area contributed by atoms with Gasteiger partial charge in [0.15, 0.2) is 5.60 Å². The van der Waals surface area contributed by atoms with Crippen LogP contribution in [0.2, 0.25) is 0 Å². The average Bonchev–Trinajstić information content (AvgIpc) is 1.98. The maximum Gasteiger partial charge on any atom is 1.00 e. The molecule has 22 heavy (non-hydrogen) atoms. The van der Waals surface area contributed by atoms with Crippen LogP contribution in [0.25, 0.3) is 0 Å². The first-order valence-electron chi connectivity index (χ1n) is 3.95. The third-order valence-corrected chi connectivity index (χ3v) is 1.29. The van der Waals surface area contributed by atoms with Gasteiger partial charge in [0, 0.05) is 0 Å². The van der Waals surface area contributed by atoms with Crippen molar-refractivity contribution >= 4 is 25.2 Å². The predicted molar refractivity (Wildman–Crippen MR) is 60.1 cm³/mol. The van der Waals surface area contributed by atoms with Crippen molar-refractivity contribution in [3.63, 3.8) is 0 Å². The molecule has 0 aromatic rings. The molecular formula is C6H18BNa3O12. The van der Waals surface area contributed by atoms with E-state index in [1.807, 2.05) is 0 Å². The average molecular weight is 362 g/mol. The molecule has 0 heterocycles. The van der Waals surface area contributed by atoms with E-state index in [-0.39, 0.29) is 104 Å². The first-order chi connectivity index (χ1) is 7.51. The van der Waals surface area contributed by atoms with Gasteiger partial charge < -0.3 is 50.7 Å². The second kappa shape index (κ2) is 22.2. The van der Waals surface area contributed by atoms with Gasteiger partial charge in [-0.05, 0) is 0 Å². The van der Waals surface area contributed by atoms with E-state index >= 15 is 0 Å². The van der Waals surface area contributed by atoms with Gasteiger partial charge in [-0.2, -0.15) is 0 Å². The zero-order chi connectivity index (χ0) is 14.2. The van der Waals surface area contributed by atoms with Crippen molar-refractivity contribution in [1.29, 1.82) is 0 Å². The molecule has 120 valence electrons. The minimum absolute atomic E-state index is 0. The Bertz CT molecular complexity index is 295. The Morgan fingerprint density at radius 1 is 0.818 bits per heavy atom. The molecule has 0 saturated heterocycles. The molecule has 0 aromatic carbocycles. The quantitative estimate of drug-likeness (QED) is 0.227. The van der Waals surface area contributed by atoms with E-state index in [1.54, 1.807) is 0 Å². The summed E-state index contributed by atoms with van der Waals surface area (Å²) in [5.41, 5.74) is -2.74. The molecule has 0 radical (unpaired) electrons. The van der Waals surface area contributed by atoms with Gasteiger partial charge in [-0.3, -0.25) is 9.59 Å². The van der Waals surface area contributed by atoms with Gasteiger partial charge in [0.1, 0.15) is 0 Å². The van der Waals surface area contributed by atoms with Gasteiger partial charge >= 0.3 is 114 Å². The SMILES string of the molecule is O.O.O=C(O)CC(O)(CC(=O)O)C(=O)O.OB(O)O.[H-].[H-].[H-].[Na+].[Na+].[Na+]. The summed E-state index contributed by atoms with van der Waals surface area (Å²) in [5, 5.41) is 55.3. The Balaban J connectivity index is -0.0000000214. The largest absolute Gasteiger partial charge is 1.00 e. The van der Waals surface area contributed by atoms with Crippen LogP contribution in [0.5, 0.6) is 0 Å². The standard InChI is InChI=1S/C6H8O7.BH3O3.3Na.2H2O.3H/c7-3(8)1-6(13,5(11)12)2-4(9)10;2-1(3)4;;;;;;;;/h13H,1-2H2,(H,7,8)(H,9,10)(H,11,12);2-4H;;;;2*1H2;;;/q;;3*+1;;;3*-1. The summed E-state index contributed by atoms with van der Waals surface area (Å²) in [6.45, 7) is 0. The van der Waals surface area contributed by atoms with Crippen molar-refractivity contribution in [2.24, 2.45) is 0 Å². The summed E-state index contributed by atoms with van der Waals surface area (Å²) in [4.78, 5) is 30.5. The van der Waals surface area contributed by atoms with Gasteiger partial charge in [0.05, 0.1) is 12.8 Å². The van der Waals surface area contributed by atoms with Crippen LogP contribution in [0.15, 0.2) is 0 Å². The molecule has 0 aliphatic rings. The van der Waals surface area contributed by atoms with Crippen molar-refractivity contribution in [1.82, 2.24) is 0 Å². The molecule has 0 bridgehead atoms. The topological polar surface area (TPSA) is 256 Å². The van der Waals surface area contributed by atoms with Gasteiger partial charge in [-0.25, -0.2) is 4.79 Å². The number of rotatable bonds is 5. The zero-order valence-corrected chi connectivity index (χ0v) is 18.3. The molecule has 0 aliphatic heterocycles. The molecule has 0 amide bonds. The number of carbonyl (C=O) groups is 3. The molecular weight excluding hydrogens is 344 g/mol. The molecule has 0 spiro atoms.